The van der Waals surface area contributed by atoms with Crippen LogP contribution < -0.4 is 5.73 Å². The molecule has 4 N–H and O–H groups in total. The summed E-state index contributed by atoms with van der Waals surface area (Å²) in [4.78, 5) is 15.5. The van der Waals surface area contributed by atoms with Gasteiger partial charge in [0.05, 0.1) is 19.1 Å². The van der Waals surface area contributed by atoms with E-state index >= 15 is 0 Å². The monoisotopic (exact) mass is 668 g/mol. The van der Waals surface area contributed by atoms with E-state index < -0.39 is 5.97 Å². The van der Waals surface area contributed by atoms with E-state index in [9.17, 15) is 9.90 Å². The lowest BCUT2D eigenvalue weighted by molar-refractivity contribution is -0.161. The minimum absolute atomic E-state index is 0.0160. The quantitative estimate of drug-likeness (QED) is 0.304. The molecule has 49 heavy (non-hydrogen) atoms. The Bertz CT molecular complexity index is 1680. The molecule has 1 saturated heterocycles. The highest BCUT2D eigenvalue weighted by molar-refractivity contribution is 5.76. The van der Waals surface area contributed by atoms with Gasteiger partial charge in [0.25, 0.3) is 0 Å². The number of hydrogen-bond donors (Lipinski definition) is 3. The van der Waals surface area contributed by atoms with Gasteiger partial charge in [-0.25, -0.2) is 0 Å². The van der Waals surface area contributed by atoms with Crippen LogP contribution in [0.4, 0.5) is 5.82 Å². The number of nitrogen functional groups attached to an aromatic ring is 1. The van der Waals surface area contributed by atoms with Crippen LogP contribution in [0.3, 0.4) is 0 Å². The molecule has 8 rings (SSSR count). The minimum atomic E-state index is -0.591. The van der Waals surface area contributed by atoms with E-state index in [1.807, 2.05) is 0 Å². The number of nitrogens with one attached hydrogen (secondary N) is 1. The first-order chi connectivity index (χ1) is 23.1. The molecule has 0 radical (unpaired) electrons. The number of H-pyrrole nitrogens is 1. The largest absolute Gasteiger partial charge is 0.481 e. The van der Waals surface area contributed by atoms with Crippen molar-refractivity contribution in [3.05, 3.63) is 52.2 Å². The Balaban J connectivity index is 1.34. The van der Waals surface area contributed by atoms with Gasteiger partial charge in [-0.1, -0.05) is 78.3 Å². The van der Waals surface area contributed by atoms with E-state index in [1.54, 1.807) is 11.1 Å². The second-order valence-corrected chi connectivity index (χ2v) is 19.2. The van der Waals surface area contributed by atoms with Gasteiger partial charge in [0.15, 0.2) is 0 Å². The molecule has 2 heterocycles. The summed E-state index contributed by atoms with van der Waals surface area (Å²) in [5, 5.41) is 18.6. The fraction of sp³-hybridized carbons (Fsp3) is 0.714. The summed E-state index contributed by atoms with van der Waals surface area (Å²) in [5.41, 5.74) is 15.2. The van der Waals surface area contributed by atoms with Gasteiger partial charge in [-0.15, -0.1) is 0 Å². The van der Waals surface area contributed by atoms with Gasteiger partial charge in [0.2, 0.25) is 0 Å². The molecule has 7 heteroatoms. The Morgan fingerprint density at radius 1 is 1.02 bits per heavy atom. The molecular weight excluding hydrogens is 608 g/mol. The maximum atomic E-state index is 13.0. The smallest absolute Gasteiger partial charge is 0.306 e. The van der Waals surface area contributed by atoms with Crippen molar-refractivity contribution in [3.63, 3.8) is 0 Å². The van der Waals surface area contributed by atoms with E-state index in [0.717, 1.165) is 71.4 Å². The summed E-state index contributed by atoms with van der Waals surface area (Å²) < 4.78 is 5.74. The first-order valence-corrected chi connectivity index (χ1v) is 19.3. The maximum Gasteiger partial charge on any atom is 0.306 e. The summed E-state index contributed by atoms with van der Waals surface area (Å²) in [7, 11) is 0. The van der Waals surface area contributed by atoms with Crippen LogP contribution in [0.15, 0.2) is 29.8 Å². The number of aliphatic carboxylic acids is 1. The van der Waals surface area contributed by atoms with E-state index in [-0.39, 0.29) is 44.8 Å². The molecule has 5 aliphatic carbocycles. The Labute approximate surface area is 293 Å². The van der Waals surface area contributed by atoms with Crippen LogP contribution in [0.2, 0.25) is 0 Å². The number of nitrogens with two attached hydrogens (primary N) is 1. The van der Waals surface area contributed by atoms with Crippen LogP contribution >= 0.6 is 0 Å². The molecule has 2 aromatic rings. The molecular formula is C42H60N4O3. The predicted molar refractivity (Wildman–Crippen MR) is 195 cm³/mol. The van der Waals surface area contributed by atoms with Crippen LogP contribution in [0.5, 0.6) is 0 Å². The number of rotatable bonds is 4. The zero-order chi connectivity index (χ0) is 34.7. The molecule has 8 atom stereocenters. The molecule has 0 amide bonds. The molecule has 0 bridgehead atoms. The molecule has 6 aliphatic rings. The average Bonchev–Trinajstić information content (AvgIpc) is 3.41. The Hall–Kier alpha value is -2.64. The highest BCUT2D eigenvalue weighted by Crippen LogP contribution is 2.76. The number of hydrogen-bond acceptors (Lipinski definition) is 5. The lowest BCUT2D eigenvalue weighted by Gasteiger charge is -2.70. The number of carboxylic acids is 1. The number of benzene rings is 1. The fourth-order valence-electron chi connectivity index (χ4n) is 13.6. The van der Waals surface area contributed by atoms with Crippen molar-refractivity contribution in [1.29, 1.82) is 0 Å². The molecule has 1 aromatic heterocycles. The molecule has 1 aliphatic heterocycles. The third kappa shape index (κ3) is 4.80. The number of ether oxygens (including phenoxy) is 1. The van der Waals surface area contributed by atoms with E-state index in [1.165, 1.54) is 35.2 Å². The number of aromatic amines is 1. The molecule has 7 nitrogen and oxygen atoms in total. The Morgan fingerprint density at radius 2 is 1.76 bits per heavy atom. The van der Waals surface area contributed by atoms with Crippen molar-refractivity contribution in [2.45, 2.75) is 112 Å². The molecule has 3 saturated carbocycles. The van der Waals surface area contributed by atoms with Crippen LogP contribution in [-0.2, 0) is 27.9 Å². The Kier molecular flexibility index (Phi) is 7.64. The zero-order valence-electron chi connectivity index (χ0n) is 31.1. The fourth-order valence-corrected chi connectivity index (χ4v) is 13.6. The third-order valence-electron chi connectivity index (χ3n) is 16.0. The van der Waals surface area contributed by atoms with Gasteiger partial charge >= 0.3 is 5.97 Å². The highest BCUT2D eigenvalue weighted by Gasteiger charge is 2.68. The van der Waals surface area contributed by atoms with Crippen LogP contribution in [-0.4, -0.2) is 52.5 Å². The lowest BCUT2D eigenvalue weighted by Crippen LogP contribution is -2.64. The van der Waals surface area contributed by atoms with Crippen molar-refractivity contribution in [1.82, 2.24) is 15.1 Å². The number of morpholine rings is 1. The van der Waals surface area contributed by atoms with E-state index in [0.29, 0.717) is 17.7 Å². The zero-order valence-corrected chi connectivity index (χ0v) is 31.1. The van der Waals surface area contributed by atoms with Gasteiger partial charge in [-0.05, 0) is 113 Å². The minimum Gasteiger partial charge on any atom is -0.481 e. The molecule has 1 aromatic carbocycles. The van der Waals surface area contributed by atoms with Crippen molar-refractivity contribution < 1.29 is 14.6 Å². The van der Waals surface area contributed by atoms with Gasteiger partial charge in [0, 0.05) is 36.3 Å². The second-order valence-electron chi connectivity index (χ2n) is 19.2. The maximum absolute atomic E-state index is 13.0. The molecule has 4 fully saturated rings. The van der Waals surface area contributed by atoms with E-state index in [4.69, 9.17) is 10.5 Å². The number of carboxylic acid groups (broad SMARTS) is 1. The van der Waals surface area contributed by atoms with Crippen molar-refractivity contribution >= 4 is 17.4 Å². The summed E-state index contributed by atoms with van der Waals surface area (Å²) in [6.07, 6.45) is 8.33. The normalized spacial score (nSPS) is 39.6. The van der Waals surface area contributed by atoms with Gasteiger partial charge < -0.3 is 15.6 Å². The van der Waals surface area contributed by atoms with Gasteiger partial charge in [-0.2, -0.15) is 5.10 Å². The van der Waals surface area contributed by atoms with Crippen LogP contribution in [0.1, 0.15) is 116 Å². The predicted octanol–water partition coefficient (Wildman–Crippen LogP) is 8.11. The average molecular weight is 669 g/mol. The van der Waals surface area contributed by atoms with Crippen molar-refractivity contribution in [2.24, 2.45) is 51.2 Å². The molecule has 0 spiro atoms. The number of carbonyl (C=O) groups is 1. The first-order valence-electron chi connectivity index (χ1n) is 19.3. The SMILES string of the molecule is CC1(C)CC2C3=C(c4ccccc4CN4CCOCC4)CC4C5(C)Cc6c(N)n[nH]c6C(C)(C)C5CCC4(C)C3(C)CCC2[C@H](C(=O)O)C1. The van der Waals surface area contributed by atoms with E-state index in [2.05, 4.69) is 87.8 Å². The second kappa shape index (κ2) is 11.2. The summed E-state index contributed by atoms with van der Waals surface area (Å²) in [5.74, 6) is 1.27. The topological polar surface area (TPSA) is 104 Å². The summed E-state index contributed by atoms with van der Waals surface area (Å²) in [6.45, 7) is 21.8. The van der Waals surface area contributed by atoms with Crippen LogP contribution in [0, 0.1) is 51.2 Å². The third-order valence-corrected chi connectivity index (χ3v) is 16.0. The number of anilines is 1. The summed E-state index contributed by atoms with van der Waals surface area (Å²) >= 11 is 0. The standard InChI is InChI=1S/C42H60N4O3/c1-38(2)21-29-27(30(22-38)37(47)48)12-14-42(7)34(29)28(26-11-9-8-10-25(26)24-46-16-18-49-19-17-46)20-33-40(5)23-31-35(44-45-36(31)43)39(3,4)32(40)13-15-41(33,42)6/h8-11,27,29-30,32-33H,12-24H2,1-7H3,(H,47,48)(H3,43,44,45)/t27?,29?,30-,32?,33?,40?,41?,42?/m1/s1. The molecule has 266 valence electrons. The number of fused-ring (bicyclic) bond motifs is 8. The van der Waals surface area contributed by atoms with Crippen molar-refractivity contribution in [2.75, 3.05) is 32.0 Å². The number of nitrogens with zero attached hydrogens (tertiary/aromatic N) is 2. The van der Waals surface area contributed by atoms with Crippen LogP contribution in [0.25, 0.3) is 5.57 Å². The first kappa shape index (κ1) is 33.5. The number of allylic oxidation sites excluding steroid dienone is 2. The Morgan fingerprint density at radius 3 is 2.49 bits per heavy atom. The summed E-state index contributed by atoms with van der Waals surface area (Å²) in [6, 6.07) is 9.24. The lowest BCUT2D eigenvalue weighted by atomic mass is 9.33. The van der Waals surface area contributed by atoms with Gasteiger partial charge in [0.1, 0.15) is 5.82 Å². The van der Waals surface area contributed by atoms with Gasteiger partial charge in [-0.3, -0.25) is 14.8 Å². The molecule has 7 unspecified atom stereocenters. The number of aromatic nitrogens is 2. The highest BCUT2D eigenvalue weighted by atomic mass is 16.5. The van der Waals surface area contributed by atoms with Crippen molar-refractivity contribution in [3.8, 4) is 0 Å².